The molecule has 0 aromatic heterocycles. The van der Waals surface area contributed by atoms with Crippen LogP contribution in [0.5, 0.6) is 0 Å². The maximum Gasteiger partial charge on any atom is 0.0477 e. The van der Waals surface area contributed by atoms with E-state index in [0.29, 0.717) is 5.70 Å². The van der Waals surface area contributed by atoms with Crippen LogP contribution in [0.2, 0.25) is 0 Å². The third-order valence-corrected chi connectivity index (χ3v) is 2.17. The summed E-state index contributed by atoms with van der Waals surface area (Å²) in [5.74, 6) is 0. The molecule has 0 bridgehead atoms. The van der Waals surface area contributed by atoms with Crippen LogP contribution in [-0.4, -0.2) is 17.8 Å². The summed E-state index contributed by atoms with van der Waals surface area (Å²) in [6.07, 6.45) is 7.17. The van der Waals surface area contributed by atoms with Gasteiger partial charge in [0.1, 0.15) is 0 Å². The van der Waals surface area contributed by atoms with Crippen LogP contribution in [0.4, 0.5) is 0 Å². The van der Waals surface area contributed by atoms with E-state index in [1.807, 2.05) is 24.9 Å². The summed E-state index contributed by atoms with van der Waals surface area (Å²) in [5.41, 5.74) is 8.21. The van der Waals surface area contributed by atoms with E-state index in [1.165, 1.54) is 0 Å². The van der Waals surface area contributed by atoms with Crippen molar-refractivity contribution in [1.82, 2.24) is 5.01 Å². The first-order chi connectivity index (χ1) is 7.97. The fourth-order valence-electron chi connectivity index (χ4n) is 1.10. The Bertz CT molecular complexity index is 337. The second-order valence-electron chi connectivity index (χ2n) is 4.00. The first kappa shape index (κ1) is 15.2. The van der Waals surface area contributed by atoms with Crippen LogP contribution < -0.4 is 5.73 Å². The second-order valence-corrected chi connectivity index (χ2v) is 4.00. The highest BCUT2D eigenvalue weighted by Gasteiger charge is 2.00. The van der Waals surface area contributed by atoms with Crippen molar-refractivity contribution in [3.8, 4) is 0 Å². The Balaban J connectivity index is 4.29. The third-order valence-electron chi connectivity index (χ3n) is 2.17. The minimum atomic E-state index is 0.707. The van der Waals surface area contributed by atoms with E-state index in [-0.39, 0.29) is 0 Å². The molecule has 0 aliphatic heterocycles. The SMILES string of the molecule is C=C/C(C)=C\C=N/N(CCCC(=C)N)C(=C)C. The van der Waals surface area contributed by atoms with Crippen molar-refractivity contribution in [3.05, 3.63) is 48.9 Å². The zero-order valence-corrected chi connectivity index (χ0v) is 10.9. The van der Waals surface area contributed by atoms with Crippen LogP contribution in [0.25, 0.3) is 0 Å². The van der Waals surface area contributed by atoms with E-state index in [1.54, 1.807) is 12.3 Å². The van der Waals surface area contributed by atoms with Crippen LogP contribution in [-0.2, 0) is 0 Å². The van der Waals surface area contributed by atoms with Gasteiger partial charge in [0.15, 0.2) is 0 Å². The molecule has 3 heteroatoms. The normalized spacial score (nSPS) is 11.5. The Labute approximate surface area is 105 Å². The summed E-state index contributed by atoms with van der Waals surface area (Å²) >= 11 is 0. The number of hydrogen-bond acceptors (Lipinski definition) is 3. The molecule has 2 N–H and O–H groups in total. The third kappa shape index (κ3) is 8.08. The number of nitrogens with zero attached hydrogens (tertiary/aromatic N) is 2. The molecule has 0 radical (unpaired) electrons. The second kappa shape index (κ2) is 8.39. The van der Waals surface area contributed by atoms with Crippen LogP contribution in [0, 0.1) is 0 Å². The summed E-state index contributed by atoms with van der Waals surface area (Å²) in [4.78, 5) is 0. The lowest BCUT2D eigenvalue weighted by atomic mass is 10.2. The molecule has 0 aliphatic rings. The van der Waals surface area contributed by atoms with E-state index in [2.05, 4.69) is 24.8 Å². The lowest BCUT2D eigenvalue weighted by molar-refractivity contribution is 0.362. The van der Waals surface area contributed by atoms with E-state index >= 15 is 0 Å². The number of rotatable bonds is 8. The smallest absolute Gasteiger partial charge is 0.0477 e. The minimum absolute atomic E-state index is 0.707. The van der Waals surface area contributed by atoms with Gasteiger partial charge in [0.2, 0.25) is 0 Å². The van der Waals surface area contributed by atoms with Gasteiger partial charge in [0, 0.05) is 24.2 Å². The van der Waals surface area contributed by atoms with Gasteiger partial charge in [0.05, 0.1) is 0 Å². The lowest BCUT2D eigenvalue weighted by Gasteiger charge is -2.18. The van der Waals surface area contributed by atoms with Gasteiger partial charge in [-0.1, -0.05) is 31.4 Å². The molecule has 0 rings (SSSR count). The molecule has 0 aromatic rings. The Morgan fingerprint density at radius 3 is 2.47 bits per heavy atom. The highest BCUT2D eigenvalue weighted by Crippen LogP contribution is 2.05. The average Bonchev–Trinajstić information content (AvgIpc) is 2.25. The fraction of sp³-hybridized carbons (Fsp3) is 0.357. The predicted molar refractivity (Wildman–Crippen MR) is 76.5 cm³/mol. The lowest BCUT2D eigenvalue weighted by Crippen LogP contribution is -2.16. The largest absolute Gasteiger partial charge is 0.403 e. The molecule has 0 atom stereocenters. The monoisotopic (exact) mass is 233 g/mol. The van der Waals surface area contributed by atoms with E-state index in [4.69, 9.17) is 5.73 Å². The summed E-state index contributed by atoms with van der Waals surface area (Å²) < 4.78 is 0. The molecule has 0 heterocycles. The van der Waals surface area contributed by atoms with Gasteiger partial charge in [-0.2, -0.15) is 5.10 Å². The van der Waals surface area contributed by atoms with Gasteiger partial charge in [-0.3, -0.25) is 5.01 Å². The highest BCUT2D eigenvalue weighted by molar-refractivity contribution is 5.72. The average molecular weight is 233 g/mol. The fourth-order valence-corrected chi connectivity index (χ4v) is 1.10. The molecule has 0 spiro atoms. The molecule has 0 amide bonds. The maximum absolute atomic E-state index is 5.52. The standard InChI is InChI=1S/C14H23N3/c1-6-13(4)9-10-16-17(12(2)3)11-7-8-14(5)15/h6,9-10H,1-2,5,7-8,11,15H2,3-4H3/b13-9-,16-10-. The van der Waals surface area contributed by atoms with Crippen molar-refractivity contribution < 1.29 is 0 Å². The van der Waals surface area contributed by atoms with Gasteiger partial charge in [-0.05, 0) is 32.8 Å². The first-order valence-corrected chi connectivity index (χ1v) is 5.67. The Kier molecular flexibility index (Phi) is 7.52. The van der Waals surface area contributed by atoms with Gasteiger partial charge in [-0.15, -0.1) is 0 Å². The molecule has 0 saturated heterocycles. The van der Waals surface area contributed by atoms with Crippen LogP contribution >= 0.6 is 0 Å². The molecule has 3 nitrogen and oxygen atoms in total. The number of nitrogens with two attached hydrogens (primary N) is 1. The maximum atomic E-state index is 5.52. The summed E-state index contributed by atoms with van der Waals surface area (Å²) in [5, 5.41) is 6.18. The molecular formula is C14H23N3. The topological polar surface area (TPSA) is 41.6 Å². The summed E-state index contributed by atoms with van der Waals surface area (Å²) in [7, 11) is 0. The summed E-state index contributed by atoms with van der Waals surface area (Å²) in [6, 6.07) is 0. The summed E-state index contributed by atoms with van der Waals surface area (Å²) in [6.45, 7) is 15.9. The molecule has 0 aromatic carbocycles. The van der Waals surface area contributed by atoms with E-state index < -0.39 is 0 Å². The molecule has 0 aliphatic carbocycles. The van der Waals surface area contributed by atoms with Crippen molar-refractivity contribution in [2.24, 2.45) is 10.8 Å². The predicted octanol–water partition coefficient (Wildman–Crippen LogP) is 3.19. The van der Waals surface area contributed by atoms with Crippen molar-refractivity contribution in [3.63, 3.8) is 0 Å². The first-order valence-electron chi connectivity index (χ1n) is 5.67. The Morgan fingerprint density at radius 2 is 2.00 bits per heavy atom. The molecule has 0 saturated carbocycles. The van der Waals surface area contributed by atoms with Crippen LogP contribution in [0.1, 0.15) is 26.7 Å². The Hall–Kier alpha value is -1.77. The van der Waals surface area contributed by atoms with Crippen LogP contribution in [0.15, 0.2) is 54.0 Å². The van der Waals surface area contributed by atoms with Crippen LogP contribution in [0.3, 0.4) is 0 Å². The van der Waals surface area contributed by atoms with E-state index in [9.17, 15) is 0 Å². The molecular weight excluding hydrogens is 210 g/mol. The van der Waals surface area contributed by atoms with Gasteiger partial charge in [-0.25, -0.2) is 0 Å². The Morgan fingerprint density at radius 1 is 1.35 bits per heavy atom. The highest BCUT2D eigenvalue weighted by atomic mass is 15.4. The number of hydrogen-bond donors (Lipinski definition) is 1. The van der Waals surface area contributed by atoms with Crippen molar-refractivity contribution in [2.45, 2.75) is 26.7 Å². The van der Waals surface area contributed by atoms with Gasteiger partial charge in [0.25, 0.3) is 0 Å². The number of hydrazone groups is 1. The van der Waals surface area contributed by atoms with Crippen molar-refractivity contribution >= 4 is 6.21 Å². The molecule has 0 unspecified atom stereocenters. The number of allylic oxidation sites excluding steroid dienone is 5. The zero-order chi connectivity index (χ0) is 13.3. The zero-order valence-electron chi connectivity index (χ0n) is 10.9. The molecule has 0 fully saturated rings. The van der Waals surface area contributed by atoms with E-state index in [0.717, 1.165) is 30.7 Å². The van der Waals surface area contributed by atoms with Crippen molar-refractivity contribution in [1.29, 1.82) is 0 Å². The van der Waals surface area contributed by atoms with Gasteiger partial charge >= 0.3 is 0 Å². The van der Waals surface area contributed by atoms with Crippen molar-refractivity contribution in [2.75, 3.05) is 6.54 Å². The minimum Gasteiger partial charge on any atom is -0.403 e. The molecule has 94 valence electrons. The quantitative estimate of drug-likeness (QED) is 0.397. The molecule has 17 heavy (non-hydrogen) atoms. The van der Waals surface area contributed by atoms with Gasteiger partial charge < -0.3 is 5.73 Å².